The average molecular weight is 312 g/mol. The molecule has 0 radical (unpaired) electrons. The van der Waals surface area contributed by atoms with Crippen molar-refractivity contribution in [3.8, 4) is 5.75 Å². The fraction of sp³-hybridized carbons (Fsp3) is 0.500. The Morgan fingerprint density at radius 2 is 2.33 bits per heavy atom. The summed E-state index contributed by atoms with van der Waals surface area (Å²) in [6.45, 7) is 3.92. The molecule has 1 fully saturated rings. The molecule has 1 aliphatic heterocycles. The number of amides is 1. The molecule has 0 bridgehead atoms. The van der Waals surface area contributed by atoms with Crippen LogP contribution >= 0.6 is 15.9 Å². The first-order chi connectivity index (χ1) is 8.65. The van der Waals surface area contributed by atoms with Gasteiger partial charge in [0.1, 0.15) is 5.75 Å². The van der Waals surface area contributed by atoms with Gasteiger partial charge in [-0.15, -0.1) is 0 Å². The number of likely N-dealkylation sites (tertiary alicyclic amines) is 1. The topological polar surface area (TPSA) is 29.5 Å². The number of ether oxygens (including phenoxy) is 1. The van der Waals surface area contributed by atoms with Crippen LogP contribution in [0.25, 0.3) is 0 Å². The first-order valence-corrected chi connectivity index (χ1v) is 7.07. The molecule has 2 rings (SSSR count). The van der Waals surface area contributed by atoms with Crippen molar-refractivity contribution >= 4 is 21.8 Å². The monoisotopic (exact) mass is 311 g/mol. The second-order valence-corrected chi connectivity index (χ2v) is 5.51. The second-order valence-electron chi connectivity index (χ2n) is 4.66. The van der Waals surface area contributed by atoms with Gasteiger partial charge in [-0.25, -0.2) is 0 Å². The third-order valence-corrected chi connectivity index (χ3v) is 4.25. The summed E-state index contributed by atoms with van der Waals surface area (Å²) in [5, 5.41) is 0. The molecule has 1 unspecified atom stereocenters. The van der Waals surface area contributed by atoms with Crippen molar-refractivity contribution in [2.24, 2.45) is 5.92 Å². The van der Waals surface area contributed by atoms with Gasteiger partial charge in [-0.05, 0) is 46.5 Å². The van der Waals surface area contributed by atoms with Crippen LogP contribution in [-0.2, 0) is 0 Å². The highest BCUT2D eigenvalue weighted by atomic mass is 79.9. The van der Waals surface area contributed by atoms with E-state index in [-0.39, 0.29) is 5.91 Å². The number of rotatable bonds is 3. The fourth-order valence-electron chi connectivity index (χ4n) is 2.32. The Kier molecular flexibility index (Phi) is 4.27. The van der Waals surface area contributed by atoms with Gasteiger partial charge in [0.25, 0.3) is 5.91 Å². The van der Waals surface area contributed by atoms with Crippen molar-refractivity contribution in [2.45, 2.75) is 19.8 Å². The molecule has 98 valence electrons. The molecule has 1 amide bonds. The van der Waals surface area contributed by atoms with Crippen molar-refractivity contribution in [2.75, 3.05) is 20.2 Å². The minimum atomic E-state index is 0.0942. The highest BCUT2D eigenvalue weighted by molar-refractivity contribution is 9.10. The fourth-order valence-corrected chi connectivity index (χ4v) is 2.73. The Morgan fingerprint density at radius 1 is 1.56 bits per heavy atom. The van der Waals surface area contributed by atoms with Gasteiger partial charge >= 0.3 is 0 Å². The number of hydrogen-bond acceptors (Lipinski definition) is 2. The molecule has 0 spiro atoms. The van der Waals surface area contributed by atoms with Gasteiger partial charge in [0, 0.05) is 17.6 Å². The van der Waals surface area contributed by atoms with Gasteiger partial charge in [-0.3, -0.25) is 4.79 Å². The van der Waals surface area contributed by atoms with Crippen LogP contribution in [0.2, 0.25) is 0 Å². The molecule has 0 aromatic heterocycles. The lowest BCUT2D eigenvalue weighted by Crippen LogP contribution is -2.28. The summed E-state index contributed by atoms with van der Waals surface area (Å²) in [4.78, 5) is 14.4. The summed E-state index contributed by atoms with van der Waals surface area (Å²) >= 11 is 3.44. The predicted molar refractivity (Wildman–Crippen MR) is 75.0 cm³/mol. The normalized spacial score (nSPS) is 19.1. The molecule has 1 aromatic carbocycles. The van der Waals surface area contributed by atoms with Crippen molar-refractivity contribution in [3.05, 3.63) is 28.2 Å². The van der Waals surface area contributed by atoms with Crippen LogP contribution in [0.4, 0.5) is 0 Å². The van der Waals surface area contributed by atoms with Crippen LogP contribution in [0.15, 0.2) is 22.7 Å². The molecular weight excluding hydrogens is 294 g/mol. The lowest BCUT2D eigenvalue weighted by molar-refractivity contribution is 0.0785. The SMILES string of the molecule is CCC1CCN(C(=O)c2cc(OC)ccc2Br)C1. The first kappa shape index (κ1) is 13.4. The van der Waals surface area contributed by atoms with E-state index >= 15 is 0 Å². The Balaban J connectivity index is 2.18. The van der Waals surface area contributed by atoms with E-state index in [9.17, 15) is 4.79 Å². The Morgan fingerprint density at radius 3 is 2.94 bits per heavy atom. The van der Waals surface area contributed by atoms with Crippen molar-refractivity contribution < 1.29 is 9.53 Å². The van der Waals surface area contributed by atoms with Gasteiger partial charge in [-0.2, -0.15) is 0 Å². The van der Waals surface area contributed by atoms with Crippen LogP contribution in [0.3, 0.4) is 0 Å². The summed E-state index contributed by atoms with van der Waals surface area (Å²) < 4.78 is 6.00. The Hall–Kier alpha value is -1.03. The number of methoxy groups -OCH3 is 1. The molecule has 1 atom stereocenters. The minimum absolute atomic E-state index is 0.0942. The molecule has 0 N–H and O–H groups in total. The lowest BCUT2D eigenvalue weighted by atomic mass is 10.1. The second kappa shape index (κ2) is 5.74. The molecule has 3 nitrogen and oxygen atoms in total. The summed E-state index contributed by atoms with van der Waals surface area (Å²) in [6, 6.07) is 5.50. The molecular formula is C14H18BrNO2. The maximum atomic E-state index is 12.4. The number of carbonyl (C=O) groups excluding carboxylic acids is 1. The highest BCUT2D eigenvalue weighted by Crippen LogP contribution is 2.27. The van der Waals surface area contributed by atoms with Gasteiger partial charge in [0.05, 0.1) is 12.7 Å². The van der Waals surface area contributed by atoms with E-state index in [0.717, 1.165) is 30.4 Å². The number of nitrogens with zero attached hydrogens (tertiary/aromatic N) is 1. The number of carbonyl (C=O) groups is 1. The first-order valence-electron chi connectivity index (χ1n) is 6.28. The largest absolute Gasteiger partial charge is 0.497 e. The lowest BCUT2D eigenvalue weighted by Gasteiger charge is -2.17. The van der Waals surface area contributed by atoms with Crippen molar-refractivity contribution in [1.82, 2.24) is 4.90 Å². The van der Waals surface area contributed by atoms with E-state index in [1.807, 2.05) is 17.0 Å². The molecule has 18 heavy (non-hydrogen) atoms. The molecule has 1 aromatic rings. The smallest absolute Gasteiger partial charge is 0.255 e. The van der Waals surface area contributed by atoms with Gasteiger partial charge in [-0.1, -0.05) is 13.3 Å². The van der Waals surface area contributed by atoms with Gasteiger partial charge < -0.3 is 9.64 Å². The molecule has 0 aliphatic carbocycles. The summed E-state index contributed by atoms with van der Waals surface area (Å²) in [5.74, 6) is 1.46. The molecule has 1 aliphatic rings. The quantitative estimate of drug-likeness (QED) is 0.857. The van der Waals surface area contributed by atoms with Crippen LogP contribution in [0.5, 0.6) is 5.75 Å². The zero-order chi connectivity index (χ0) is 13.1. The van der Waals surface area contributed by atoms with E-state index in [4.69, 9.17) is 4.74 Å². The highest BCUT2D eigenvalue weighted by Gasteiger charge is 2.26. The van der Waals surface area contributed by atoms with E-state index in [2.05, 4.69) is 22.9 Å². The van der Waals surface area contributed by atoms with Crippen LogP contribution in [-0.4, -0.2) is 31.0 Å². The zero-order valence-corrected chi connectivity index (χ0v) is 12.4. The molecule has 1 saturated heterocycles. The third kappa shape index (κ3) is 2.69. The van der Waals surface area contributed by atoms with E-state index in [0.29, 0.717) is 17.2 Å². The zero-order valence-electron chi connectivity index (χ0n) is 10.8. The molecule has 0 saturated carbocycles. The number of halogens is 1. The van der Waals surface area contributed by atoms with Gasteiger partial charge in [0.15, 0.2) is 0 Å². The predicted octanol–water partition coefficient (Wildman–Crippen LogP) is 3.33. The third-order valence-electron chi connectivity index (χ3n) is 3.55. The Bertz CT molecular complexity index is 447. The van der Waals surface area contributed by atoms with Crippen molar-refractivity contribution in [3.63, 3.8) is 0 Å². The minimum Gasteiger partial charge on any atom is -0.497 e. The van der Waals surface area contributed by atoms with Crippen LogP contribution in [0.1, 0.15) is 30.1 Å². The summed E-state index contributed by atoms with van der Waals surface area (Å²) in [6.07, 6.45) is 2.26. The summed E-state index contributed by atoms with van der Waals surface area (Å²) in [7, 11) is 1.61. The van der Waals surface area contributed by atoms with E-state index in [1.54, 1.807) is 13.2 Å². The van der Waals surface area contributed by atoms with Gasteiger partial charge in [0.2, 0.25) is 0 Å². The number of hydrogen-bond donors (Lipinski definition) is 0. The van der Waals surface area contributed by atoms with E-state index in [1.165, 1.54) is 0 Å². The van der Waals surface area contributed by atoms with Crippen molar-refractivity contribution in [1.29, 1.82) is 0 Å². The van der Waals surface area contributed by atoms with Crippen LogP contribution in [0, 0.1) is 5.92 Å². The molecule has 4 heteroatoms. The number of benzene rings is 1. The summed E-state index contributed by atoms with van der Waals surface area (Å²) in [5.41, 5.74) is 0.686. The average Bonchev–Trinajstić information content (AvgIpc) is 2.87. The Labute approximate surface area is 116 Å². The maximum absolute atomic E-state index is 12.4. The standard InChI is InChI=1S/C14H18BrNO2/c1-3-10-6-7-16(9-10)14(17)12-8-11(18-2)4-5-13(12)15/h4-5,8,10H,3,6-7,9H2,1-2H3. The van der Waals surface area contributed by atoms with Crippen LogP contribution < -0.4 is 4.74 Å². The maximum Gasteiger partial charge on any atom is 0.255 e. The van der Waals surface area contributed by atoms with E-state index < -0.39 is 0 Å². The molecule has 1 heterocycles.